The molecule has 0 saturated carbocycles. The maximum absolute atomic E-state index is 12.4. The lowest BCUT2D eigenvalue weighted by Gasteiger charge is -2.09. The standard InChI is InChI=1S/C19H17N3O2/c1-13-6-3-4-9-17(13)20-19(23)15-7-5-8-16(12-15)24-18-11-10-14(2)21-22-18/h3-12H,1-2H3,(H,20,23). The number of hydrogen-bond donors (Lipinski definition) is 1. The van der Waals surface area contributed by atoms with Crippen molar-refractivity contribution in [3.8, 4) is 11.6 Å². The molecule has 3 rings (SSSR count). The highest BCUT2D eigenvalue weighted by Gasteiger charge is 2.09. The predicted octanol–water partition coefficient (Wildman–Crippen LogP) is 4.14. The van der Waals surface area contributed by atoms with Crippen molar-refractivity contribution in [2.24, 2.45) is 0 Å². The molecule has 0 aliphatic carbocycles. The molecule has 5 nitrogen and oxygen atoms in total. The summed E-state index contributed by atoms with van der Waals surface area (Å²) in [6.07, 6.45) is 0. The number of nitrogens with zero attached hydrogens (tertiary/aromatic N) is 2. The highest BCUT2D eigenvalue weighted by atomic mass is 16.5. The summed E-state index contributed by atoms with van der Waals surface area (Å²) in [7, 11) is 0. The number of para-hydroxylation sites is 1. The Balaban J connectivity index is 1.76. The number of aryl methyl sites for hydroxylation is 2. The van der Waals surface area contributed by atoms with Crippen molar-refractivity contribution in [2.45, 2.75) is 13.8 Å². The normalized spacial score (nSPS) is 10.2. The van der Waals surface area contributed by atoms with Crippen molar-refractivity contribution < 1.29 is 9.53 Å². The third kappa shape index (κ3) is 3.76. The molecule has 0 unspecified atom stereocenters. The van der Waals surface area contributed by atoms with Gasteiger partial charge in [0.05, 0.1) is 5.69 Å². The molecule has 5 heteroatoms. The number of ether oxygens (including phenoxy) is 1. The van der Waals surface area contributed by atoms with Gasteiger partial charge in [-0.3, -0.25) is 4.79 Å². The summed E-state index contributed by atoms with van der Waals surface area (Å²) >= 11 is 0. The minimum Gasteiger partial charge on any atom is -0.438 e. The van der Waals surface area contributed by atoms with Gasteiger partial charge in [0.15, 0.2) is 0 Å². The third-order valence-corrected chi connectivity index (χ3v) is 3.49. The molecule has 0 atom stereocenters. The fourth-order valence-electron chi connectivity index (χ4n) is 2.17. The molecule has 0 aliphatic heterocycles. The second-order valence-electron chi connectivity index (χ2n) is 5.41. The van der Waals surface area contributed by atoms with Gasteiger partial charge in [0.25, 0.3) is 5.91 Å². The first-order valence-corrected chi connectivity index (χ1v) is 7.57. The Morgan fingerprint density at radius 1 is 0.958 bits per heavy atom. The van der Waals surface area contributed by atoms with Crippen LogP contribution < -0.4 is 10.1 Å². The van der Waals surface area contributed by atoms with Gasteiger partial charge in [0.1, 0.15) is 5.75 Å². The fraction of sp³-hybridized carbons (Fsp3) is 0.105. The minimum absolute atomic E-state index is 0.190. The van der Waals surface area contributed by atoms with E-state index in [0.717, 1.165) is 16.9 Å². The molecule has 1 N–H and O–H groups in total. The van der Waals surface area contributed by atoms with Crippen LogP contribution in [0.1, 0.15) is 21.6 Å². The molecule has 0 fully saturated rings. The van der Waals surface area contributed by atoms with Crippen molar-refractivity contribution in [3.05, 3.63) is 77.5 Å². The van der Waals surface area contributed by atoms with Crippen LogP contribution in [0.25, 0.3) is 0 Å². The van der Waals surface area contributed by atoms with Gasteiger partial charge in [0, 0.05) is 17.3 Å². The van der Waals surface area contributed by atoms with Gasteiger partial charge >= 0.3 is 0 Å². The molecule has 0 radical (unpaired) electrons. The van der Waals surface area contributed by atoms with Gasteiger partial charge in [0.2, 0.25) is 5.88 Å². The first-order valence-electron chi connectivity index (χ1n) is 7.57. The fourth-order valence-corrected chi connectivity index (χ4v) is 2.17. The first kappa shape index (κ1) is 15.7. The predicted molar refractivity (Wildman–Crippen MR) is 92.4 cm³/mol. The van der Waals surface area contributed by atoms with E-state index in [1.54, 1.807) is 30.3 Å². The Morgan fingerprint density at radius 3 is 2.54 bits per heavy atom. The number of hydrogen-bond acceptors (Lipinski definition) is 4. The smallest absolute Gasteiger partial charge is 0.255 e. The van der Waals surface area contributed by atoms with E-state index in [9.17, 15) is 4.79 Å². The number of anilines is 1. The summed E-state index contributed by atoms with van der Waals surface area (Å²) in [6, 6.07) is 18.1. The van der Waals surface area contributed by atoms with Crippen LogP contribution in [0.5, 0.6) is 11.6 Å². The van der Waals surface area contributed by atoms with Crippen LogP contribution in [0.4, 0.5) is 5.69 Å². The van der Waals surface area contributed by atoms with Gasteiger partial charge in [-0.05, 0) is 49.7 Å². The first-order chi connectivity index (χ1) is 11.6. The maximum atomic E-state index is 12.4. The molecule has 0 aliphatic rings. The lowest BCUT2D eigenvalue weighted by Crippen LogP contribution is -2.12. The zero-order valence-electron chi connectivity index (χ0n) is 13.5. The minimum atomic E-state index is -0.190. The number of aromatic nitrogens is 2. The Morgan fingerprint density at radius 2 is 1.79 bits per heavy atom. The molecule has 1 heterocycles. The van der Waals surface area contributed by atoms with Gasteiger partial charge in [-0.2, -0.15) is 5.10 Å². The van der Waals surface area contributed by atoms with Crippen LogP contribution in [0, 0.1) is 13.8 Å². The number of amides is 1. The van der Waals surface area contributed by atoms with E-state index in [1.165, 1.54) is 0 Å². The van der Waals surface area contributed by atoms with E-state index < -0.39 is 0 Å². The number of benzene rings is 2. The Hall–Kier alpha value is -3.21. The van der Waals surface area contributed by atoms with Crippen LogP contribution in [0.3, 0.4) is 0 Å². The van der Waals surface area contributed by atoms with Crippen LogP contribution >= 0.6 is 0 Å². The van der Waals surface area contributed by atoms with Crippen molar-refractivity contribution in [3.63, 3.8) is 0 Å². The zero-order chi connectivity index (χ0) is 16.9. The van der Waals surface area contributed by atoms with Gasteiger partial charge in [-0.1, -0.05) is 24.3 Å². The third-order valence-electron chi connectivity index (χ3n) is 3.49. The van der Waals surface area contributed by atoms with Gasteiger partial charge in [-0.15, -0.1) is 5.10 Å². The van der Waals surface area contributed by atoms with E-state index in [-0.39, 0.29) is 5.91 Å². The van der Waals surface area contributed by atoms with Crippen molar-refractivity contribution in [1.82, 2.24) is 10.2 Å². The summed E-state index contributed by atoms with van der Waals surface area (Å²) in [6.45, 7) is 3.80. The molecule has 2 aromatic carbocycles. The molecule has 0 bridgehead atoms. The summed E-state index contributed by atoms with van der Waals surface area (Å²) < 4.78 is 5.64. The highest BCUT2D eigenvalue weighted by Crippen LogP contribution is 2.21. The SMILES string of the molecule is Cc1ccc(Oc2cccc(C(=O)Nc3ccccc3C)c2)nn1. The molecule has 0 spiro atoms. The molecule has 1 amide bonds. The van der Waals surface area contributed by atoms with Crippen LogP contribution in [-0.4, -0.2) is 16.1 Å². The van der Waals surface area contributed by atoms with Crippen molar-refractivity contribution in [2.75, 3.05) is 5.32 Å². The summed E-state index contributed by atoms with van der Waals surface area (Å²) in [5, 5.41) is 10.8. The van der Waals surface area contributed by atoms with E-state index in [4.69, 9.17) is 4.74 Å². The molecular formula is C19H17N3O2. The molecule has 3 aromatic rings. The number of carbonyl (C=O) groups excluding carboxylic acids is 1. The van der Waals surface area contributed by atoms with E-state index in [2.05, 4.69) is 15.5 Å². The average molecular weight is 319 g/mol. The van der Waals surface area contributed by atoms with Crippen molar-refractivity contribution in [1.29, 1.82) is 0 Å². The van der Waals surface area contributed by atoms with Crippen molar-refractivity contribution >= 4 is 11.6 Å². The Labute approximate surface area is 140 Å². The quantitative estimate of drug-likeness (QED) is 0.785. The summed E-state index contributed by atoms with van der Waals surface area (Å²) in [5.74, 6) is 0.729. The Kier molecular flexibility index (Phi) is 4.52. The van der Waals surface area contributed by atoms with Gasteiger partial charge < -0.3 is 10.1 Å². The zero-order valence-corrected chi connectivity index (χ0v) is 13.5. The lowest BCUT2D eigenvalue weighted by molar-refractivity contribution is 0.102. The summed E-state index contributed by atoms with van der Waals surface area (Å²) in [5.41, 5.74) is 3.12. The van der Waals surface area contributed by atoms with E-state index in [0.29, 0.717) is 17.2 Å². The largest absolute Gasteiger partial charge is 0.438 e. The molecular weight excluding hydrogens is 302 g/mol. The molecule has 1 aromatic heterocycles. The van der Waals surface area contributed by atoms with E-state index >= 15 is 0 Å². The number of nitrogens with one attached hydrogen (secondary N) is 1. The van der Waals surface area contributed by atoms with Gasteiger partial charge in [-0.25, -0.2) is 0 Å². The lowest BCUT2D eigenvalue weighted by atomic mass is 10.1. The average Bonchev–Trinajstić information content (AvgIpc) is 2.59. The van der Waals surface area contributed by atoms with E-state index in [1.807, 2.05) is 44.2 Å². The molecule has 120 valence electrons. The summed E-state index contributed by atoms with van der Waals surface area (Å²) in [4.78, 5) is 12.4. The number of carbonyl (C=O) groups is 1. The Bertz CT molecular complexity index is 860. The molecule has 24 heavy (non-hydrogen) atoms. The maximum Gasteiger partial charge on any atom is 0.255 e. The topological polar surface area (TPSA) is 64.1 Å². The highest BCUT2D eigenvalue weighted by molar-refractivity contribution is 6.04. The monoisotopic (exact) mass is 319 g/mol. The van der Waals surface area contributed by atoms with Crippen LogP contribution in [0.2, 0.25) is 0 Å². The number of rotatable bonds is 4. The van der Waals surface area contributed by atoms with Crippen LogP contribution in [-0.2, 0) is 0 Å². The van der Waals surface area contributed by atoms with Crippen LogP contribution in [0.15, 0.2) is 60.7 Å². The second-order valence-corrected chi connectivity index (χ2v) is 5.41. The second kappa shape index (κ2) is 6.91. The molecule has 0 saturated heterocycles.